The molecule has 0 aliphatic heterocycles. The summed E-state index contributed by atoms with van der Waals surface area (Å²) in [5.41, 5.74) is 2.39. The number of hydrogen-bond acceptors (Lipinski definition) is 4. The summed E-state index contributed by atoms with van der Waals surface area (Å²) in [5.74, 6) is 1.92. The Morgan fingerprint density at radius 3 is 2.34 bits per heavy atom. The van der Waals surface area contributed by atoms with Gasteiger partial charge in [-0.25, -0.2) is 9.78 Å². The predicted octanol–water partition coefficient (Wildman–Crippen LogP) is 4.53. The average Bonchev–Trinajstić information content (AvgIpc) is 3.54. The Morgan fingerprint density at radius 2 is 1.63 bits per heavy atom. The van der Waals surface area contributed by atoms with Crippen molar-refractivity contribution in [2.24, 2.45) is 0 Å². The molecule has 0 saturated heterocycles. The number of methoxy groups -OCH3 is 1. The Balaban J connectivity index is 1.78. The van der Waals surface area contributed by atoms with E-state index in [4.69, 9.17) is 9.72 Å². The number of para-hydroxylation sites is 1. The van der Waals surface area contributed by atoms with Crippen LogP contribution in [0.4, 0.5) is 0 Å². The maximum absolute atomic E-state index is 13.8. The molecular formula is C28H32N4O3. The summed E-state index contributed by atoms with van der Waals surface area (Å²) in [4.78, 5) is 32.4. The molecule has 4 aromatic rings. The Hall–Kier alpha value is -3.61. The van der Waals surface area contributed by atoms with Crippen molar-refractivity contribution in [2.45, 2.75) is 64.6 Å². The molecule has 1 saturated carbocycles. The van der Waals surface area contributed by atoms with Crippen LogP contribution in [0.3, 0.4) is 0 Å². The average molecular weight is 473 g/mol. The molecule has 2 heterocycles. The van der Waals surface area contributed by atoms with Gasteiger partial charge in [-0.05, 0) is 30.9 Å². The zero-order valence-electron chi connectivity index (χ0n) is 20.4. The molecule has 2 aromatic carbocycles. The molecule has 2 aromatic heterocycles. The van der Waals surface area contributed by atoms with Gasteiger partial charge in [0.1, 0.15) is 11.6 Å². The van der Waals surface area contributed by atoms with E-state index in [0.29, 0.717) is 42.3 Å². The van der Waals surface area contributed by atoms with Gasteiger partial charge in [-0.2, -0.15) is 0 Å². The molecule has 7 nitrogen and oxygen atoms in total. The standard InChI is InChI=1S/C28H32N4O3/c1-3-17-30-27(33)24-26(32(28(30)34)19-22-15-9-10-16-23(22)35-2)29-25(21-13-7-8-14-21)31(24)18-20-11-5-4-6-12-20/h4-6,9-12,15-16,21H,3,7-8,13-14,17-19H2,1-2H3. The molecule has 1 fully saturated rings. The molecule has 7 heteroatoms. The first kappa shape index (κ1) is 23.1. The van der Waals surface area contributed by atoms with Crippen molar-refractivity contribution in [1.82, 2.24) is 18.7 Å². The summed E-state index contributed by atoms with van der Waals surface area (Å²) in [6.07, 6.45) is 5.12. The number of aromatic nitrogens is 4. The lowest BCUT2D eigenvalue weighted by Gasteiger charge is -2.15. The third-order valence-electron chi connectivity index (χ3n) is 7.02. The van der Waals surface area contributed by atoms with Crippen molar-refractivity contribution >= 4 is 11.2 Å². The number of fused-ring (bicyclic) bond motifs is 1. The van der Waals surface area contributed by atoms with E-state index in [1.165, 1.54) is 4.57 Å². The second-order valence-electron chi connectivity index (χ2n) is 9.33. The SMILES string of the molecule is CCCn1c(=O)c2c(nc(C3CCCC3)n2Cc2ccccc2)n(Cc2ccccc2OC)c1=O. The van der Waals surface area contributed by atoms with Gasteiger partial charge in [0.25, 0.3) is 5.56 Å². The third kappa shape index (κ3) is 4.31. The summed E-state index contributed by atoms with van der Waals surface area (Å²) in [5, 5.41) is 0. The normalized spacial score (nSPS) is 14.1. The van der Waals surface area contributed by atoms with Gasteiger partial charge < -0.3 is 9.30 Å². The van der Waals surface area contributed by atoms with E-state index in [2.05, 4.69) is 16.7 Å². The molecule has 0 N–H and O–H groups in total. The summed E-state index contributed by atoms with van der Waals surface area (Å²) >= 11 is 0. The van der Waals surface area contributed by atoms with Gasteiger partial charge in [0.2, 0.25) is 0 Å². The molecule has 1 aliphatic rings. The van der Waals surface area contributed by atoms with Crippen molar-refractivity contribution in [3.8, 4) is 5.75 Å². The fraction of sp³-hybridized carbons (Fsp3) is 0.393. The van der Waals surface area contributed by atoms with E-state index in [-0.39, 0.29) is 17.8 Å². The molecule has 0 radical (unpaired) electrons. The van der Waals surface area contributed by atoms with Crippen LogP contribution in [0.2, 0.25) is 0 Å². The summed E-state index contributed by atoms with van der Waals surface area (Å²) in [6, 6.07) is 17.8. The topological polar surface area (TPSA) is 71.1 Å². The van der Waals surface area contributed by atoms with Gasteiger partial charge in [-0.1, -0.05) is 68.3 Å². The van der Waals surface area contributed by atoms with Crippen LogP contribution in [-0.4, -0.2) is 25.8 Å². The Bertz CT molecular complexity index is 1440. The predicted molar refractivity (Wildman–Crippen MR) is 137 cm³/mol. The van der Waals surface area contributed by atoms with Crippen LogP contribution in [0.5, 0.6) is 5.75 Å². The van der Waals surface area contributed by atoms with Crippen molar-refractivity contribution in [1.29, 1.82) is 0 Å². The molecule has 5 rings (SSSR count). The van der Waals surface area contributed by atoms with Crippen LogP contribution in [0, 0.1) is 0 Å². The number of hydrogen-bond donors (Lipinski definition) is 0. The van der Waals surface area contributed by atoms with E-state index >= 15 is 0 Å². The minimum absolute atomic E-state index is 0.254. The van der Waals surface area contributed by atoms with Crippen molar-refractivity contribution < 1.29 is 4.74 Å². The number of rotatable bonds is 8. The molecule has 35 heavy (non-hydrogen) atoms. The smallest absolute Gasteiger partial charge is 0.333 e. The second-order valence-corrected chi connectivity index (χ2v) is 9.33. The third-order valence-corrected chi connectivity index (χ3v) is 7.02. The van der Waals surface area contributed by atoms with E-state index < -0.39 is 0 Å². The zero-order chi connectivity index (χ0) is 24.4. The first-order valence-corrected chi connectivity index (χ1v) is 12.5. The Kier molecular flexibility index (Phi) is 6.57. The van der Waals surface area contributed by atoms with Gasteiger partial charge in [0, 0.05) is 24.6 Å². The second kappa shape index (κ2) is 9.94. The van der Waals surface area contributed by atoms with Gasteiger partial charge in [0.15, 0.2) is 11.2 Å². The monoisotopic (exact) mass is 472 g/mol. The molecule has 1 aliphatic carbocycles. The number of imidazole rings is 1. The van der Waals surface area contributed by atoms with Crippen LogP contribution in [0.1, 0.15) is 61.9 Å². The Labute approximate surface area is 204 Å². The quantitative estimate of drug-likeness (QED) is 0.378. The van der Waals surface area contributed by atoms with Crippen LogP contribution >= 0.6 is 0 Å². The largest absolute Gasteiger partial charge is 0.496 e. The molecule has 0 bridgehead atoms. The minimum Gasteiger partial charge on any atom is -0.496 e. The fourth-order valence-corrected chi connectivity index (χ4v) is 5.30. The summed E-state index contributed by atoms with van der Waals surface area (Å²) < 4.78 is 10.7. The minimum atomic E-state index is -0.322. The lowest BCUT2D eigenvalue weighted by Crippen LogP contribution is -2.40. The van der Waals surface area contributed by atoms with Crippen molar-refractivity contribution in [3.63, 3.8) is 0 Å². The lowest BCUT2D eigenvalue weighted by atomic mass is 10.1. The Morgan fingerprint density at radius 1 is 0.914 bits per heavy atom. The maximum Gasteiger partial charge on any atom is 0.333 e. The first-order valence-electron chi connectivity index (χ1n) is 12.5. The first-order chi connectivity index (χ1) is 17.1. The maximum atomic E-state index is 13.8. The fourth-order valence-electron chi connectivity index (χ4n) is 5.30. The van der Waals surface area contributed by atoms with Crippen LogP contribution in [0.15, 0.2) is 64.2 Å². The lowest BCUT2D eigenvalue weighted by molar-refractivity contribution is 0.408. The molecule has 0 unspecified atom stereocenters. The highest BCUT2D eigenvalue weighted by Crippen LogP contribution is 2.35. The van der Waals surface area contributed by atoms with E-state index in [1.54, 1.807) is 11.7 Å². The van der Waals surface area contributed by atoms with Gasteiger partial charge in [-0.15, -0.1) is 0 Å². The molecule has 0 atom stereocenters. The number of nitrogens with zero attached hydrogens (tertiary/aromatic N) is 4. The number of ether oxygens (including phenoxy) is 1. The molecular weight excluding hydrogens is 440 g/mol. The summed E-state index contributed by atoms with van der Waals surface area (Å²) in [6.45, 7) is 3.19. The highest BCUT2D eigenvalue weighted by Gasteiger charge is 2.28. The van der Waals surface area contributed by atoms with Gasteiger partial charge in [-0.3, -0.25) is 13.9 Å². The van der Waals surface area contributed by atoms with E-state index in [1.807, 2.05) is 49.4 Å². The highest BCUT2D eigenvalue weighted by molar-refractivity contribution is 5.72. The van der Waals surface area contributed by atoms with Gasteiger partial charge >= 0.3 is 5.69 Å². The van der Waals surface area contributed by atoms with E-state index in [0.717, 1.165) is 42.6 Å². The zero-order valence-corrected chi connectivity index (χ0v) is 20.4. The molecule has 0 spiro atoms. The van der Waals surface area contributed by atoms with Crippen LogP contribution < -0.4 is 16.0 Å². The van der Waals surface area contributed by atoms with Crippen molar-refractivity contribution in [3.05, 3.63) is 92.4 Å². The molecule has 0 amide bonds. The molecule has 182 valence electrons. The van der Waals surface area contributed by atoms with Crippen LogP contribution in [0.25, 0.3) is 11.2 Å². The van der Waals surface area contributed by atoms with Gasteiger partial charge in [0.05, 0.1) is 13.7 Å². The highest BCUT2D eigenvalue weighted by atomic mass is 16.5. The van der Waals surface area contributed by atoms with E-state index in [9.17, 15) is 9.59 Å². The summed E-state index contributed by atoms with van der Waals surface area (Å²) in [7, 11) is 1.63. The van der Waals surface area contributed by atoms with Crippen molar-refractivity contribution in [2.75, 3.05) is 7.11 Å². The number of benzene rings is 2. The van der Waals surface area contributed by atoms with Crippen LogP contribution in [-0.2, 0) is 19.6 Å².